The van der Waals surface area contributed by atoms with Gasteiger partial charge in [0.1, 0.15) is 0 Å². The summed E-state index contributed by atoms with van der Waals surface area (Å²) in [5.74, 6) is -0.799. The monoisotopic (exact) mass is 276 g/mol. The number of carboxylic acids is 1. The minimum Gasteiger partial charge on any atom is -0.481 e. The van der Waals surface area contributed by atoms with Crippen LogP contribution in [0.4, 0.5) is 10.5 Å². The van der Waals surface area contributed by atoms with E-state index in [2.05, 4.69) is 16.7 Å². The molecule has 0 aliphatic heterocycles. The van der Waals surface area contributed by atoms with Gasteiger partial charge in [-0.1, -0.05) is 6.07 Å². The molecule has 1 aromatic rings. The number of hydrogen-bond donors (Lipinski definition) is 3. The summed E-state index contributed by atoms with van der Waals surface area (Å²) < 4.78 is 0. The molecule has 0 bridgehead atoms. The van der Waals surface area contributed by atoms with E-state index in [0.29, 0.717) is 19.4 Å². The fraction of sp³-hybridized carbons (Fsp3) is 0.467. The lowest BCUT2D eigenvalue weighted by molar-refractivity contribution is -0.137. The largest absolute Gasteiger partial charge is 0.481 e. The maximum Gasteiger partial charge on any atom is 0.319 e. The van der Waals surface area contributed by atoms with Crippen LogP contribution in [0.1, 0.15) is 36.8 Å². The lowest BCUT2D eigenvalue weighted by Gasteiger charge is -2.09. The maximum absolute atomic E-state index is 11.7. The van der Waals surface area contributed by atoms with Crippen molar-refractivity contribution in [2.24, 2.45) is 0 Å². The number of hydrogen-bond acceptors (Lipinski definition) is 2. The minimum atomic E-state index is -0.799. The highest BCUT2D eigenvalue weighted by molar-refractivity contribution is 5.89. The number of amides is 2. The van der Waals surface area contributed by atoms with Gasteiger partial charge in [0.05, 0.1) is 0 Å². The third kappa shape index (κ3) is 4.26. The molecule has 3 N–H and O–H groups in total. The molecule has 1 aliphatic carbocycles. The topological polar surface area (TPSA) is 78.4 Å². The highest BCUT2D eigenvalue weighted by atomic mass is 16.4. The zero-order valence-electron chi connectivity index (χ0n) is 11.4. The van der Waals surface area contributed by atoms with Crippen molar-refractivity contribution in [3.63, 3.8) is 0 Å². The summed E-state index contributed by atoms with van der Waals surface area (Å²) in [6.45, 7) is 0.490. The van der Waals surface area contributed by atoms with Gasteiger partial charge in [0.25, 0.3) is 0 Å². The second-order valence-corrected chi connectivity index (χ2v) is 5.07. The average molecular weight is 276 g/mol. The predicted molar refractivity (Wildman–Crippen MR) is 77.0 cm³/mol. The smallest absolute Gasteiger partial charge is 0.319 e. The van der Waals surface area contributed by atoms with E-state index in [0.717, 1.165) is 18.5 Å². The van der Waals surface area contributed by atoms with Gasteiger partial charge in [0.2, 0.25) is 0 Å². The molecule has 0 unspecified atom stereocenters. The molecule has 1 aliphatic rings. The number of benzene rings is 1. The first-order chi connectivity index (χ1) is 9.65. The molecule has 20 heavy (non-hydrogen) atoms. The number of nitrogens with one attached hydrogen (secondary N) is 2. The number of urea groups is 1. The Morgan fingerprint density at radius 1 is 1.15 bits per heavy atom. The second-order valence-electron chi connectivity index (χ2n) is 5.07. The van der Waals surface area contributed by atoms with E-state index < -0.39 is 5.97 Å². The van der Waals surface area contributed by atoms with E-state index >= 15 is 0 Å². The number of carboxylic acid groups (broad SMARTS) is 1. The van der Waals surface area contributed by atoms with Gasteiger partial charge in [0.15, 0.2) is 0 Å². The van der Waals surface area contributed by atoms with Gasteiger partial charge < -0.3 is 15.7 Å². The number of carbonyl (C=O) groups excluding carboxylic acids is 1. The molecule has 2 amide bonds. The van der Waals surface area contributed by atoms with E-state index in [1.54, 1.807) is 0 Å². The van der Waals surface area contributed by atoms with Gasteiger partial charge in [-0.15, -0.1) is 0 Å². The van der Waals surface area contributed by atoms with Gasteiger partial charge in [0, 0.05) is 18.7 Å². The second kappa shape index (κ2) is 6.93. The summed E-state index contributed by atoms with van der Waals surface area (Å²) in [6.07, 6.45) is 4.80. The Labute approximate surface area is 118 Å². The Bertz CT molecular complexity index is 500. The molecule has 108 valence electrons. The molecular formula is C15H20N2O3. The van der Waals surface area contributed by atoms with Crippen LogP contribution in [0.2, 0.25) is 0 Å². The van der Waals surface area contributed by atoms with Crippen LogP contribution in [-0.2, 0) is 17.6 Å². The molecule has 0 aromatic heterocycles. The summed E-state index contributed by atoms with van der Waals surface area (Å²) >= 11 is 0. The fourth-order valence-corrected chi connectivity index (χ4v) is 2.43. The summed E-state index contributed by atoms with van der Waals surface area (Å²) in [4.78, 5) is 22.0. The molecule has 5 nitrogen and oxygen atoms in total. The first-order valence-corrected chi connectivity index (χ1v) is 7.03. The Morgan fingerprint density at radius 3 is 2.75 bits per heavy atom. The van der Waals surface area contributed by atoms with Crippen molar-refractivity contribution in [2.75, 3.05) is 11.9 Å². The molecule has 0 saturated carbocycles. The number of carbonyl (C=O) groups is 2. The van der Waals surface area contributed by atoms with Crippen LogP contribution in [0.5, 0.6) is 0 Å². The van der Waals surface area contributed by atoms with Gasteiger partial charge in [-0.3, -0.25) is 4.79 Å². The van der Waals surface area contributed by atoms with E-state index in [9.17, 15) is 9.59 Å². The Hall–Kier alpha value is -2.04. The number of aryl methyl sites for hydroxylation is 2. The molecular weight excluding hydrogens is 256 g/mol. The van der Waals surface area contributed by atoms with Crippen LogP contribution in [-0.4, -0.2) is 23.7 Å². The molecule has 2 rings (SSSR count). The molecule has 0 spiro atoms. The van der Waals surface area contributed by atoms with Crippen molar-refractivity contribution in [1.82, 2.24) is 5.32 Å². The third-order valence-corrected chi connectivity index (χ3v) is 3.46. The van der Waals surface area contributed by atoms with Crippen molar-refractivity contribution in [1.29, 1.82) is 0 Å². The van der Waals surface area contributed by atoms with Crippen LogP contribution in [0.15, 0.2) is 18.2 Å². The number of fused-ring (bicyclic) bond motifs is 1. The summed E-state index contributed by atoms with van der Waals surface area (Å²) in [7, 11) is 0. The summed E-state index contributed by atoms with van der Waals surface area (Å²) in [5.41, 5.74) is 3.52. The third-order valence-electron chi connectivity index (χ3n) is 3.46. The first-order valence-electron chi connectivity index (χ1n) is 7.03. The van der Waals surface area contributed by atoms with Crippen LogP contribution in [0.25, 0.3) is 0 Å². The van der Waals surface area contributed by atoms with Crippen molar-refractivity contribution in [2.45, 2.75) is 38.5 Å². The molecule has 0 saturated heterocycles. The average Bonchev–Trinajstić information content (AvgIpc) is 2.85. The van der Waals surface area contributed by atoms with E-state index in [-0.39, 0.29) is 12.5 Å². The van der Waals surface area contributed by atoms with Crippen LogP contribution in [0.3, 0.4) is 0 Å². The van der Waals surface area contributed by atoms with E-state index in [1.807, 2.05) is 12.1 Å². The Morgan fingerprint density at radius 2 is 1.95 bits per heavy atom. The first kappa shape index (κ1) is 14.4. The van der Waals surface area contributed by atoms with Crippen LogP contribution < -0.4 is 10.6 Å². The van der Waals surface area contributed by atoms with Crippen molar-refractivity contribution >= 4 is 17.7 Å². The predicted octanol–water partition coefficient (Wildman–Crippen LogP) is 2.55. The zero-order valence-corrected chi connectivity index (χ0v) is 11.4. The number of rotatable bonds is 6. The number of anilines is 1. The SMILES string of the molecule is O=C(O)CCCCNC(=O)Nc1ccc2c(c1)CCC2. The summed E-state index contributed by atoms with van der Waals surface area (Å²) in [5, 5.41) is 14.0. The highest BCUT2D eigenvalue weighted by Crippen LogP contribution is 2.24. The Balaban J connectivity index is 1.70. The highest BCUT2D eigenvalue weighted by Gasteiger charge is 2.11. The normalized spacial score (nSPS) is 12.8. The molecule has 1 aromatic carbocycles. The zero-order chi connectivity index (χ0) is 14.4. The minimum absolute atomic E-state index is 0.147. The van der Waals surface area contributed by atoms with E-state index in [1.165, 1.54) is 17.5 Å². The van der Waals surface area contributed by atoms with Crippen molar-refractivity contribution in [3.8, 4) is 0 Å². The summed E-state index contributed by atoms with van der Waals surface area (Å²) in [6, 6.07) is 5.80. The maximum atomic E-state index is 11.7. The lowest BCUT2D eigenvalue weighted by atomic mass is 10.1. The van der Waals surface area contributed by atoms with Crippen molar-refractivity contribution in [3.05, 3.63) is 29.3 Å². The molecule has 0 atom stereocenters. The van der Waals surface area contributed by atoms with Crippen molar-refractivity contribution < 1.29 is 14.7 Å². The van der Waals surface area contributed by atoms with Gasteiger partial charge >= 0.3 is 12.0 Å². The number of aliphatic carboxylic acids is 1. The molecule has 0 fully saturated rings. The van der Waals surface area contributed by atoms with Crippen LogP contribution >= 0.6 is 0 Å². The molecule has 0 radical (unpaired) electrons. The molecule has 5 heteroatoms. The van der Waals surface area contributed by atoms with Gasteiger partial charge in [-0.2, -0.15) is 0 Å². The standard InChI is InChI=1S/C15H20N2O3/c18-14(19)6-1-2-9-16-15(20)17-13-8-7-11-4-3-5-12(11)10-13/h7-8,10H,1-6,9H2,(H,18,19)(H2,16,17,20). The number of unbranched alkanes of at least 4 members (excludes halogenated alkanes) is 1. The van der Waals surface area contributed by atoms with E-state index in [4.69, 9.17) is 5.11 Å². The van der Waals surface area contributed by atoms with Crippen LogP contribution in [0, 0.1) is 0 Å². The molecule has 0 heterocycles. The Kier molecular flexibility index (Phi) is 4.98. The van der Waals surface area contributed by atoms with Gasteiger partial charge in [-0.25, -0.2) is 4.79 Å². The lowest BCUT2D eigenvalue weighted by Crippen LogP contribution is -2.29. The van der Waals surface area contributed by atoms with Gasteiger partial charge in [-0.05, 0) is 55.4 Å². The quantitative estimate of drug-likeness (QED) is 0.699. The fourth-order valence-electron chi connectivity index (χ4n) is 2.43.